The molecule has 0 radical (unpaired) electrons. The first kappa shape index (κ1) is 10.0. The van der Waals surface area contributed by atoms with Crippen LogP contribution in [0, 0.1) is 13.8 Å². The van der Waals surface area contributed by atoms with Crippen molar-refractivity contribution in [3.05, 3.63) is 27.7 Å². The van der Waals surface area contributed by atoms with E-state index < -0.39 is 0 Å². The van der Waals surface area contributed by atoms with Gasteiger partial charge in [0.25, 0.3) is 5.56 Å². The SMILES string of the molecule is CC(=O)n1sc2nc(C)cc(C)c2c1=O. The third kappa shape index (κ3) is 1.48. The zero-order chi connectivity index (χ0) is 11.2. The van der Waals surface area contributed by atoms with Gasteiger partial charge in [-0.25, -0.2) is 4.98 Å². The van der Waals surface area contributed by atoms with E-state index in [2.05, 4.69) is 4.98 Å². The predicted molar refractivity (Wildman–Crippen MR) is 59.7 cm³/mol. The monoisotopic (exact) mass is 222 g/mol. The Balaban J connectivity index is 2.95. The summed E-state index contributed by atoms with van der Waals surface area (Å²) in [6, 6.07) is 1.85. The van der Waals surface area contributed by atoms with Crippen LogP contribution in [0.5, 0.6) is 0 Å². The summed E-state index contributed by atoms with van der Waals surface area (Å²) in [6.45, 7) is 5.10. The second-order valence-corrected chi connectivity index (χ2v) is 4.40. The maximum atomic E-state index is 11.8. The molecular formula is C10H10N2O2S. The molecule has 0 N–H and O–H groups in total. The van der Waals surface area contributed by atoms with E-state index in [-0.39, 0.29) is 11.5 Å². The summed E-state index contributed by atoms with van der Waals surface area (Å²) in [5.41, 5.74) is 1.48. The van der Waals surface area contributed by atoms with Crippen molar-refractivity contribution >= 4 is 27.7 Å². The highest BCUT2D eigenvalue weighted by Gasteiger charge is 2.13. The molecule has 2 aromatic rings. The van der Waals surface area contributed by atoms with Gasteiger partial charge in [0.2, 0.25) is 5.91 Å². The lowest BCUT2D eigenvalue weighted by atomic mass is 10.2. The van der Waals surface area contributed by atoms with Crippen molar-refractivity contribution in [1.29, 1.82) is 0 Å². The summed E-state index contributed by atoms with van der Waals surface area (Å²) in [5.74, 6) is -0.264. The van der Waals surface area contributed by atoms with E-state index in [4.69, 9.17) is 0 Å². The summed E-state index contributed by atoms with van der Waals surface area (Å²) in [5, 5.41) is 0.556. The molecule has 0 aliphatic carbocycles. The Hall–Kier alpha value is -1.49. The molecule has 0 atom stereocenters. The van der Waals surface area contributed by atoms with Crippen LogP contribution in [-0.4, -0.2) is 14.8 Å². The number of aryl methyl sites for hydroxylation is 2. The maximum Gasteiger partial charge on any atom is 0.277 e. The number of hydrogen-bond donors (Lipinski definition) is 0. The lowest BCUT2D eigenvalue weighted by Crippen LogP contribution is -2.18. The normalized spacial score (nSPS) is 10.9. The number of rotatable bonds is 0. The highest BCUT2D eigenvalue weighted by molar-refractivity contribution is 7.14. The van der Waals surface area contributed by atoms with Crippen molar-refractivity contribution in [2.75, 3.05) is 0 Å². The van der Waals surface area contributed by atoms with Crippen molar-refractivity contribution in [2.24, 2.45) is 0 Å². The minimum Gasteiger partial charge on any atom is -0.273 e. The van der Waals surface area contributed by atoms with Gasteiger partial charge in [-0.2, -0.15) is 3.96 Å². The Morgan fingerprint density at radius 3 is 2.73 bits per heavy atom. The Morgan fingerprint density at radius 1 is 1.47 bits per heavy atom. The fraction of sp³-hybridized carbons (Fsp3) is 0.300. The topological polar surface area (TPSA) is 52.0 Å². The minimum atomic E-state index is -0.264. The molecule has 0 saturated carbocycles. The van der Waals surface area contributed by atoms with Gasteiger partial charge in [0.05, 0.1) is 5.39 Å². The Kier molecular flexibility index (Phi) is 2.19. The van der Waals surface area contributed by atoms with Gasteiger partial charge in [0.15, 0.2) is 0 Å². The van der Waals surface area contributed by atoms with Crippen LogP contribution in [0.3, 0.4) is 0 Å². The van der Waals surface area contributed by atoms with Crippen LogP contribution in [0.25, 0.3) is 10.2 Å². The van der Waals surface area contributed by atoms with Gasteiger partial charge in [-0.15, -0.1) is 0 Å². The Labute approximate surface area is 90.3 Å². The van der Waals surface area contributed by atoms with E-state index in [0.717, 1.165) is 26.7 Å². The van der Waals surface area contributed by atoms with Crippen molar-refractivity contribution in [3.63, 3.8) is 0 Å². The van der Waals surface area contributed by atoms with Gasteiger partial charge < -0.3 is 0 Å². The van der Waals surface area contributed by atoms with Crippen LogP contribution in [0.15, 0.2) is 10.9 Å². The first-order valence-corrected chi connectivity index (χ1v) is 5.29. The number of hydrogen-bond acceptors (Lipinski definition) is 4. The van der Waals surface area contributed by atoms with Gasteiger partial charge >= 0.3 is 0 Å². The minimum absolute atomic E-state index is 0.257. The zero-order valence-corrected chi connectivity index (χ0v) is 9.51. The predicted octanol–water partition coefficient (Wildman–Crippen LogP) is 1.73. The number of aromatic nitrogens is 2. The lowest BCUT2D eigenvalue weighted by molar-refractivity contribution is 0.0946. The molecule has 2 aromatic heterocycles. The number of fused-ring (bicyclic) bond motifs is 1. The molecule has 0 aliphatic rings. The highest BCUT2D eigenvalue weighted by Crippen LogP contribution is 2.18. The molecule has 4 nitrogen and oxygen atoms in total. The third-order valence-electron chi connectivity index (χ3n) is 2.17. The summed E-state index contributed by atoms with van der Waals surface area (Å²) < 4.78 is 1.14. The van der Waals surface area contributed by atoms with Gasteiger partial charge in [0, 0.05) is 12.6 Å². The summed E-state index contributed by atoms with van der Waals surface area (Å²) in [6.07, 6.45) is 0. The largest absolute Gasteiger partial charge is 0.277 e. The molecule has 5 heteroatoms. The molecule has 0 spiro atoms. The molecular weight excluding hydrogens is 212 g/mol. The van der Waals surface area contributed by atoms with E-state index in [1.165, 1.54) is 6.92 Å². The molecule has 0 aliphatic heterocycles. The quantitative estimate of drug-likeness (QED) is 0.682. The molecule has 0 bridgehead atoms. The Bertz CT molecular complexity index is 610. The number of carbonyl (C=O) groups is 1. The van der Waals surface area contributed by atoms with Crippen molar-refractivity contribution in [3.8, 4) is 0 Å². The second-order valence-electron chi connectivity index (χ2n) is 3.47. The third-order valence-corrected chi connectivity index (χ3v) is 3.25. The van der Waals surface area contributed by atoms with Gasteiger partial charge in [0.1, 0.15) is 4.83 Å². The number of pyridine rings is 1. The molecule has 0 fully saturated rings. The van der Waals surface area contributed by atoms with E-state index in [1.54, 1.807) is 0 Å². The molecule has 0 aromatic carbocycles. The summed E-state index contributed by atoms with van der Waals surface area (Å²) in [7, 11) is 0. The van der Waals surface area contributed by atoms with Crippen LogP contribution in [0.1, 0.15) is 23.0 Å². The Morgan fingerprint density at radius 2 is 2.13 bits per heavy atom. The van der Waals surface area contributed by atoms with Crippen LogP contribution >= 0.6 is 11.5 Å². The van der Waals surface area contributed by atoms with Crippen molar-refractivity contribution in [1.82, 2.24) is 8.94 Å². The average molecular weight is 222 g/mol. The van der Waals surface area contributed by atoms with E-state index in [1.807, 2.05) is 19.9 Å². The zero-order valence-electron chi connectivity index (χ0n) is 8.70. The van der Waals surface area contributed by atoms with Crippen molar-refractivity contribution < 1.29 is 4.79 Å². The standard InChI is InChI=1S/C10H10N2O2S/c1-5-4-6(2)11-9-8(5)10(14)12(15-9)7(3)13/h4H,1-3H3. The first-order chi connectivity index (χ1) is 7.00. The van der Waals surface area contributed by atoms with E-state index in [0.29, 0.717) is 10.2 Å². The fourth-order valence-electron chi connectivity index (χ4n) is 1.57. The molecule has 0 amide bonds. The number of carbonyl (C=O) groups excluding carboxylic acids is 1. The van der Waals surface area contributed by atoms with Gasteiger partial charge in [-0.05, 0) is 37.0 Å². The summed E-state index contributed by atoms with van der Waals surface area (Å²) in [4.78, 5) is 27.9. The second kappa shape index (κ2) is 3.27. The molecule has 2 heterocycles. The molecule has 0 saturated heterocycles. The molecule has 15 heavy (non-hydrogen) atoms. The molecule has 0 unspecified atom stereocenters. The molecule has 78 valence electrons. The van der Waals surface area contributed by atoms with E-state index in [9.17, 15) is 9.59 Å². The van der Waals surface area contributed by atoms with Gasteiger partial charge in [-0.3, -0.25) is 9.59 Å². The first-order valence-electron chi connectivity index (χ1n) is 4.52. The fourth-order valence-corrected chi connectivity index (χ4v) is 2.57. The highest BCUT2D eigenvalue weighted by atomic mass is 32.1. The van der Waals surface area contributed by atoms with Crippen LogP contribution < -0.4 is 5.56 Å². The maximum absolute atomic E-state index is 11.8. The smallest absolute Gasteiger partial charge is 0.273 e. The number of nitrogens with zero attached hydrogens (tertiary/aromatic N) is 2. The lowest BCUT2D eigenvalue weighted by Gasteiger charge is -1.94. The summed E-state index contributed by atoms with van der Waals surface area (Å²) >= 11 is 1.10. The van der Waals surface area contributed by atoms with Crippen molar-refractivity contribution in [2.45, 2.75) is 20.8 Å². The van der Waals surface area contributed by atoms with Crippen LogP contribution in [0.4, 0.5) is 0 Å². The molecule has 2 rings (SSSR count). The van der Waals surface area contributed by atoms with Gasteiger partial charge in [-0.1, -0.05) is 0 Å². The van der Waals surface area contributed by atoms with Crippen LogP contribution in [0.2, 0.25) is 0 Å². The average Bonchev–Trinajstić information content (AvgIpc) is 2.42. The van der Waals surface area contributed by atoms with Crippen LogP contribution in [-0.2, 0) is 0 Å². The van der Waals surface area contributed by atoms with E-state index >= 15 is 0 Å².